The number of rotatable bonds is 2. The Morgan fingerprint density at radius 2 is 1.88 bits per heavy atom. The highest BCUT2D eigenvalue weighted by Crippen LogP contribution is 2.18. The fourth-order valence-corrected chi connectivity index (χ4v) is 1.48. The Balaban J connectivity index is 2.69. The summed E-state index contributed by atoms with van der Waals surface area (Å²) in [4.78, 5) is 11.7. The van der Waals surface area contributed by atoms with E-state index in [2.05, 4.69) is 30.5 Å². The molecule has 17 heavy (non-hydrogen) atoms. The maximum absolute atomic E-state index is 11.7. The molecule has 94 valence electrons. The molecule has 1 rings (SSSR count). The Kier molecular flexibility index (Phi) is 4.16. The van der Waals surface area contributed by atoms with Crippen LogP contribution in [0.4, 0.5) is 10.5 Å². The van der Waals surface area contributed by atoms with Gasteiger partial charge in [0.2, 0.25) is 0 Å². The second-order valence-electron chi connectivity index (χ2n) is 5.61. The van der Waals surface area contributed by atoms with E-state index in [1.807, 2.05) is 39.0 Å². The van der Waals surface area contributed by atoms with Crippen LogP contribution < -0.4 is 10.6 Å². The van der Waals surface area contributed by atoms with E-state index < -0.39 is 0 Å². The number of amides is 2. The molecule has 3 heteroatoms. The van der Waals surface area contributed by atoms with Gasteiger partial charge in [0.15, 0.2) is 0 Å². The van der Waals surface area contributed by atoms with Crippen LogP contribution in [0, 0.1) is 0 Å². The van der Waals surface area contributed by atoms with Gasteiger partial charge in [-0.3, -0.25) is 0 Å². The van der Waals surface area contributed by atoms with E-state index >= 15 is 0 Å². The first-order chi connectivity index (χ1) is 7.78. The molecule has 2 amide bonds. The second kappa shape index (κ2) is 5.21. The van der Waals surface area contributed by atoms with Gasteiger partial charge in [0, 0.05) is 11.2 Å². The van der Waals surface area contributed by atoms with Gasteiger partial charge in [-0.1, -0.05) is 26.0 Å². The molecule has 0 atom stereocenters. The van der Waals surface area contributed by atoms with Crippen LogP contribution in [0.2, 0.25) is 0 Å². The van der Waals surface area contributed by atoms with E-state index in [0.29, 0.717) is 5.92 Å². The van der Waals surface area contributed by atoms with Gasteiger partial charge in [-0.25, -0.2) is 4.79 Å². The van der Waals surface area contributed by atoms with Crippen LogP contribution in [0.3, 0.4) is 0 Å². The summed E-state index contributed by atoms with van der Waals surface area (Å²) in [7, 11) is 0. The Hall–Kier alpha value is -1.51. The van der Waals surface area contributed by atoms with Gasteiger partial charge in [0.1, 0.15) is 0 Å². The number of benzene rings is 1. The Morgan fingerprint density at radius 3 is 2.41 bits per heavy atom. The van der Waals surface area contributed by atoms with Crippen molar-refractivity contribution in [1.29, 1.82) is 0 Å². The van der Waals surface area contributed by atoms with Crippen molar-refractivity contribution in [3.63, 3.8) is 0 Å². The van der Waals surface area contributed by atoms with Crippen molar-refractivity contribution in [2.45, 2.75) is 46.1 Å². The molecule has 0 radical (unpaired) electrons. The van der Waals surface area contributed by atoms with Crippen LogP contribution in [-0.2, 0) is 0 Å². The maximum Gasteiger partial charge on any atom is 0.319 e. The molecular weight excluding hydrogens is 212 g/mol. The topological polar surface area (TPSA) is 41.1 Å². The smallest absolute Gasteiger partial charge is 0.319 e. The summed E-state index contributed by atoms with van der Waals surface area (Å²) in [6.45, 7) is 10.1. The third-order valence-electron chi connectivity index (χ3n) is 2.30. The van der Waals surface area contributed by atoms with Gasteiger partial charge in [0.05, 0.1) is 0 Å². The number of hydrogen-bond donors (Lipinski definition) is 2. The monoisotopic (exact) mass is 234 g/mol. The molecule has 0 aliphatic carbocycles. The average Bonchev–Trinajstić information content (AvgIpc) is 2.14. The maximum atomic E-state index is 11.7. The van der Waals surface area contributed by atoms with Crippen molar-refractivity contribution in [1.82, 2.24) is 5.32 Å². The van der Waals surface area contributed by atoms with E-state index in [-0.39, 0.29) is 11.6 Å². The number of anilines is 1. The van der Waals surface area contributed by atoms with Gasteiger partial charge >= 0.3 is 6.03 Å². The lowest BCUT2D eigenvalue weighted by Gasteiger charge is -2.21. The molecule has 0 aromatic heterocycles. The number of carbonyl (C=O) groups is 1. The highest BCUT2D eigenvalue weighted by atomic mass is 16.2. The molecular formula is C14H22N2O. The van der Waals surface area contributed by atoms with E-state index in [0.717, 1.165) is 5.69 Å². The van der Waals surface area contributed by atoms with Gasteiger partial charge in [-0.2, -0.15) is 0 Å². The molecule has 1 aromatic rings. The van der Waals surface area contributed by atoms with Crippen LogP contribution in [0.15, 0.2) is 24.3 Å². The van der Waals surface area contributed by atoms with Crippen molar-refractivity contribution in [3.8, 4) is 0 Å². The number of hydrogen-bond acceptors (Lipinski definition) is 1. The summed E-state index contributed by atoms with van der Waals surface area (Å²) < 4.78 is 0. The summed E-state index contributed by atoms with van der Waals surface area (Å²) in [5.41, 5.74) is 1.83. The first-order valence-electron chi connectivity index (χ1n) is 5.97. The number of urea groups is 1. The zero-order valence-electron chi connectivity index (χ0n) is 11.3. The molecule has 0 spiro atoms. The van der Waals surface area contributed by atoms with Crippen molar-refractivity contribution >= 4 is 11.7 Å². The van der Waals surface area contributed by atoms with Crippen LogP contribution in [0.5, 0.6) is 0 Å². The van der Waals surface area contributed by atoms with Crippen molar-refractivity contribution in [3.05, 3.63) is 29.8 Å². The molecule has 0 saturated heterocycles. The Morgan fingerprint density at radius 1 is 1.24 bits per heavy atom. The first-order valence-corrected chi connectivity index (χ1v) is 5.97. The summed E-state index contributed by atoms with van der Waals surface area (Å²) in [6.07, 6.45) is 0. The van der Waals surface area contributed by atoms with E-state index in [9.17, 15) is 4.79 Å². The van der Waals surface area contributed by atoms with Gasteiger partial charge in [-0.05, 0) is 44.4 Å². The minimum absolute atomic E-state index is 0.168. The minimum Gasteiger partial charge on any atom is -0.333 e. The summed E-state index contributed by atoms with van der Waals surface area (Å²) in [5, 5.41) is 5.71. The van der Waals surface area contributed by atoms with E-state index in [4.69, 9.17) is 0 Å². The Bertz CT molecular complexity index is 391. The third-order valence-corrected chi connectivity index (χ3v) is 2.30. The standard InChI is InChI=1S/C14H22N2O/c1-10(2)11-7-6-8-12(9-11)15-13(17)16-14(3,4)5/h6-10H,1-5H3,(H2,15,16,17). The molecule has 0 saturated carbocycles. The minimum atomic E-state index is -0.222. The van der Waals surface area contributed by atoms with Gasteiger partial charge in [0.25, 0.3) is 0 Å². The van der Waals surface area contributed by atoms with Crippen molar-refractivity contribution in [2.75, 3.05) is 5.32 Å². The number of carbonyl (C=O) groups excluding carboxylic acids is 1. The molecule has 2 N–H and O–H groups in total. The zero-order valence-corrected chi connectivity index (χ0v) is 11.3. The van der Waals surface area contributed by atoms with Gasteiger partial charge in [-0.15, -0.1) is 0 Å². The normalized spacial score (nSPS) is 11.4. The highest BCUT2D eigenvalue weighted by molar-refractivity contribution is 5.89. The lowest BCUT2D eigenvalue weighted by molar-refractivity contribution is 0.244. The fraction of sp³-hybridized carbons (Fsp3) is 0.500. The van der Waals surface area contributed by atoms with Crippen molar-refractivity contribution < 1.29 is 4.79 Å². The molecule has 0 heterocycles. The molecule has 3 nitrogen and oxygen atoms in total. The quantitative estimate of drug-likeness (QED) is 0.804. The molecule has 0 bridgehead atoms. The van der Waals surface area contributed by atoms with E-state index in [1.54, 1.807) is 0 Å². The summed E-state index contributed by atoms with van der Waals surface area (Å²) in [5.74, 6) is 0.461. The fourth-order valence-electron chi connectivity index (χ4n) is 1.48. The first kappa shape index (κ1) is 13.6. The largest absolute Gasteiger partial charge is 0.333 e. The molecule has 0 aliphatic heterocycles. The van der Waals surface area contributed by atoms with Crippen LogP contribution in [0.25, 0.3) is 0 Å². The predicted octanol–water partition coefficient (Wildman–Crippen LogP) is 3.73. The zero-order chi connectivity index (χ0) is 13.1. The van der Waals surface area contributed by atoms with Crippen LogP contribution in [0.1, 0.15) is 46.1 Å². The molecule has 0 fully saturated rings. The third kappa shape index (κ3) is 4.89. The lowest BCUT2D eigenvalue weighted by Crippen LogP contribution is -2.43. The van der Waals surface area contributed by atoms with Crippen LogP contribution >= 0.6 is 0 Å². The SMILES string of the molecule is CC(C)c1cccc(NC(=O)NC(C)(C)C)c1. The molecule has 0 unspecified atom stereocenters. The van der Waals surface area contributed by atoms with Gasteiger partial charge < -0.3 is 10.6 Å². The summed E-state index contributed by atoms with van der Waals surface area (Å²) >= 11 is 0. The Labute approximate surface area is 104 Å². The summed E-state index contributed by atoms with van der Waals surface area (Å²) in [6, 6.07) is 7.76. The second-order valence-corrected chi connectivity index (χ2v) is 5.61. The van der Waals surface area contributed by atoms with Crippen LogP contribution in [-0.4, -0.2) is 11.6 Å². The van der Waals surface area contributed by atoms with Crippen molar-refractivity contribution in [2.24, 2.45) is 0 Å². The lowest BCUT2D eigenvalue weighted by atomic mass is 10.0. The molecule has 0 aliphatic rings. The average molecular weight is 234 g/mol. The van der Waals surface area contributed by atoms with E-state index in [1.165, 1.54) is 5.56 Å². The predicted molar refractivity (Wildman–Crippen MR) is 72.4 cm³/mol. The number of nitrogens with one attached hydrogen (secondary N) is 2. The molecule has 1 aromatic carbocycles. The highest BCUT2D eigenvalue weighted by Gasteiger charge is 2.13.